The summed E-state index contributed by atoms with van der Waals surface area (Å²) in [5, 5.41) is 4.98. The lowest BCUT2D eigenvalue weighted by Crippen LogP contribution is -2.44. The normalized spacial score (nSPS) is 10.8. The van der Waals surface area contributed by atoms with E-state index in [1.54, 1.807) is 62.4 Å². The number of rotatable bonds is 10. The number of hydrogen-bond donors (Lipinski definition) is 2. The molecule has 2 N–H and O–H groups in total. The van der Waals surface area contributed by atoms with Gasteiger partial charge in [0.15, 0.2) is 6.61 Å². The van der Waals surface area contributed by atoms with Crippen LogP contribution in [-0.2, 0) is 29.5 Å². The van der Waals surface area contributed by atoms with Crippen LogP contribution in [0, 0.1) is 0 Å². The summed E-state index contributed by atoms with van der Waals surface area (Å²) in [6.07, 6.45) is 0. The molecule has 2 amide bonds. The molecule has 7 nitrogen and oxygen atoms in total. The van der Waals surface area contributed by atoms with Gasteiger partial charge in [-0.1, -0.05) is 60.7 Å². The summed E-state index contributed by atoms with van der Waals surface area (Å²) in [6, 6.07) is 18.0. The Bertz CT molecular complexity index is 769. The van der Waals surface area contributed by atoms with Gasteiger partial charge in [-0.15, -0.1) is 0 Å². The maximum atomic E-state index is 13.2. The van der Waals surface area contributed by atoms with Gasteiger partial charge in [-0.2, -0.15) is 0 Å². The summed E-state index contributed by atoms with van der Waals surface area (Å²) in [4.78, 5) is 36.6. The molecule has 0 atom stereocenters. The topological polar surface area (TPSA) is 93.7 Å². The molecule has 0 fully saturated rings. The van der Waals surface area contributed by atoms with Crippen LogP contribution in [0.3, 0.4) is 0 Å². The number of amides is 2. The second kappa shape index (κ2) is 11.0. The molecule has 0 bridgehead atoms. The van der Waals surface area contributed by atoms with Crippen LogP contribution in [0.1, 0.15) is 25.0 Å². The van der Waals surface area contributed by atoms with Gasteiger partial charge >= 0.3 is 5.97 Å². The molecule has 0 radical (unpaired) electrons. The van der Waals surface area contributed by atoms with Crippen molar-refractivity contribution < 1.29 is 23.9 Å². The third-order valence-electron chi connectivity index (χ3n) is 4.16. The summed E-state index contributed by atoms with van der Waals surface area (Å²) in [5.74, 6) is -1.59. The molecule has 0 unspecified atom stereocenters. The minimum Gasteiger partial charge on any atom is -0.453 e. The van der Waals surface area contributed by atoms with Gasteiger partial charge in [0, 0.05) is 13.2 Å². The second-order valence-corrected chi connectivity index (χ2v) is 6.15. The van der Waals surface area contributed by atoms with Gasteiger partial charge in [0.2, 0.25) is 11.5 Å². The van der Waals surface area contributed by atoms with E-state index in [1.165, 1.54) is 0 Å². The monoisotopic (exact) mass is 398 g/mol. The Morgan fingerprint density at radius 1 is 0.828 bits per heavy atom. The van der Waals surface area contributed by atoms with E-state index in [2.05, 4.69) is 10.6 Å². The van der Waals surface area contributed by atoms with Gasteiger partial charge in [0.1, 0.15) is 0 Å². The molecule has 2 aromatic rings. The average Bonchev–Trinajstić information content (AvgIpc) is 2.76. The summed E-state index contributed by atoms with van der Waals surface area (Å²) >= 11 is 0. The van der Waals surface area contributed by atoms with Crippen LogP contribution in [0.2, 0.25) is 0 Å². The molecule has 0 aromatic heterocycles. The Kier molecular flexibility index (Phi) is 8.36. The van der Waals surface area contributed by atoms with Crippen molar-refractivity contribution in [3.63, 3.8) is 0 Å². The van der Waals surface area contributed by atoms with Crippen molar-refractivity contribution in [3.05, 3.63) is 71.8 Å². The maximum absolute atomic E-state index is 13.2. The van der Waals surface area contributed by atoms with Crippen molar-refractivity contribution >= 4 is 17.8 Å². The fourth-order valence-electron chi connectivity index (χ4n) is 2.91. The lowest BCUT2D eigenvalue weighted by Gasteiger charge is -2.32. The molecule has 0 saturated heterocycles. The van der Waals surface area contributed by atoms with Crippen molar-refractivity contribution in [1.82, 2.24) is 10.6 Å². The second-order valence-electron chi connectivity index (χ2n) is 6.15. The standard InChI is InChI=1S/C22H26N2O5/c1-3-23-19(25)15-24-20(26)16-28-21(27)22(29-4-2,17-11-7-5-8-12-17)18-13-9-6-10-14-18/h5-14H,3-4,15-16H2,1-2H3,(H,23,25)(H,24,26). The first kappa shape index (κ1) is 22.1. The molecule has 29 heavy (non-hydrogen) atoms. The molecule has 0 heterocycles. The lowest BCUT2D eigenvalue weighted by atomic mass is 9.86. The molecule has 0 aliphatic rings. The fourth-order valence-corrected chi connectivity index (χ4v) is 2.91. The van der Waals surface area contributed by atoms with Crippen molar-refractivity contribution in [2.45, 2.75) is 19.4 Å². The summed E-state index contributed by atoms with van der Waals surface area (Å²) < 4.78 is 11.3. The molecule has 0 aliphatic heterocycles. The first-order valence-corrected chi connectivity index (χ1v) is 9.50. The van der Waals surface area contributed by atoms with Gasteiger partial charge in [-0.3, -0.25) is 9.59 Å². The first-order valence-electron chi connectivity index (χ1n) is 9.50. The molecule has 2 aromatic carbocycles. The van der Waals surface area contributed by atoms with Crippen molar-refractivity contribution in [2.75, 3.05) is 26.3 Å². The van der Waals surface area contributed by atoms with E-state index in [1.807, 2.05) is 12.1 Å². The third kappa shape index (κ3) is 5.65. The van der Waals surface area contributed by atoms with Crippen LogP contribution < -0.4 is 10.6 Å². The average molecular weight is 398 g/mol. The Hall–Kier alpha value is -3.19. The molecule has 0 spiro atoms. The van der Waals surface area contributed by atoms with Crippen LogP contribution >= 0.6 is 0 Å². The van der Waals surface area contributed by atoms with Crippen molar-refractivity contribution in [1.29, 1.82) is 0 Å². The van der Waals surface area contributed by atoms with E-state index in [0.717, 1.165) is 0 Å². The Labute approximate surface area is 170 Å². The van der Waals surface area contributed by atoms with Crippen LogP contribution in [0.4, 0.5) is 0 Å². The van der Waals surface area contributed by atoms with E-state index < -0.39 is 24.1 Å². The highest BCUT2D eigenvalue weighted by Gasteiger charge is 2.45. The zero-order valence-electron chi connectivity index (χ0n) is 16.6. The van der Waals surface area contributed by atoms with Gasteiger partial charge in [0.25, 0.3) is 5.91 Å². The Morgan fingerprint density at radius 3 is 1.86 bits per heavy atom. The molecule has 7 heteroatoms. The quantitative estimate of drug-likeness (QED) is 0.595. The zero-order chi connectivity index (χ0) is 21.1. The van der Waals surface area contributed by atoms with Gasteiger partial charge < -0.3 is 20.1 Å². The molecule has 0 aliphatic carbocycles. The van der Waals surface area contributed by atoms with E-state index in [4.69, 9.17) is 9.47 Å². The molecular formula is C22H26N2O5. The van der Waals surface area contributed by atoms with Crippen LogP contribution in [0.25, 0.3) is 0 Å². The number of esters is 1. The largest absolute Gasteiger partial charge is 0.453 e. The zero-order valence-corrected chi connectivity index (χ0v) is 16.6. The van der Waals surface area contributed by atoms with Crippen molar-refractivity contribution in [2.24, 2.45) is 0 Å². The predicted octanol–water partition coefficient (Wildman–Crippen LogP) is 1.76. The van der Waals surface area contributed by atoms with E-state index in [-0.39, 0.29) is 19.1 Å². The number of benzene rings is 2. The number of nitrogens with one attached hydrogen (secondary N) is 2. The van der Waals surface area contributed by atoms with Gasteiger partial charge in [-0.25, -0.2) is 4.79 Å². The fraction of sp³-hybridized carbons (Fsp3) is 0.318. The highest BCUT2D eigenvalue weighted by Crippen LogP contribution is 2.35. The van der Waals surface area contributed by atoms with Crippen molar-refractivity contribution in [3.8, 4) is 0 Å². The van der Waals surface area contributed by atoms with E-state index >= 15 is 0 Å². The minimum atomic E-state index is -1.50. The number of hydrogen-bond acceptors (Lipinski definition) is 5. The molecule has 0 saturated carbocycles. The van der Waals surface area contributed by atoms with E-state index in [0.29, 0.717) is 17.7 Å². The number of carbonyl (C=O) groups excluding carboxylic acids is 3. The smallest absolute Gasteiger partial charge is 0.348 e. The third-order valence-corrected chi connectivity index (χ3v) is 4.16. The molecule has 2 rings (SSSR count). The van der Waals surface area contributed by atoms with Gasteiger partial charge in [0.05, 0.1) is 6.54 Å². The Balaban J connectivity index is 2.22. The molecule has 154 valence electrons. The number of carbonyl (C=O) groups is 3. The minimum absolute atomic E-state index is 0.182. The Morgan fingerprint density at radius 2 is 1.38 bits per heavy atom. The summed E-state index contributed by atoms with van der Waals surface area (Å²) in [6.45, 7) is 3.58. The summed E-state index contributed by atoms with van der Waals surface area (Å²) in [5.41, 5.74) is -0.307. The maximum Gasteiger partial charge on any atom is 0.348 e. The van der Waals surface area contributed by atoms with E-state index in [9.17, 15) is 14.4 Å². The predicted molar refractivity (Wildman–Crippen MR) is 108 cm³/mol. The first-order chi connectivity index (χ1) is 14.0. The number of likely N-dealkylation sites (N-methyl/N-ethyl adjacent to an activating group) is 1. The highest BCUT2D eigenvalue weighted by molar-refractivity contribution is 5.89. The van der Waals surface area contributed by atoms with Crippen LogP contribution in [0.5, 0.6) is 0 Å². The summed E-state index contributed by atoms with van der Waals surface area (Å²) in [7, 11) is 0. The number of ether oxygens (including phenoxy) is 2. The molecular weight excluding hydrogens is 372 g/mol. The lowest BCUT2D eigenvalue weighted by molar-refractivity contribution is -0.170. The van der Waals surface area contributed by atoms with Crippen LogP contribution in [0.15, 0.2) is 60.7 Å². The SMILES string of the molecule is CCNC(=O)CNC(=O)COC(=O)C(OCC)(c1ccccc1)c1ccccc1. The highest BCUT2D eigenvalue weighted by atomic mass is 16.6. The van der Waals surface area contributed by atoms with Gasteiger partial charge in [-0.05, 0) is 25.0 Å². The van der Waals surface area contributed by atoms with Crippen LogP contribution in [-0.4, -0.2) is 44.1 Å².